The zero-order chi connectivity index (χ0) is 20.4. The molecule has 1 aliphatic rings. The van der Waals surface area contributed by atoms with E-state index in [1.807, 2.05) is 24.3 Å². The lowest BCUT2D eigenvalue weighted by Crippen LogP contribution is -2.45. The zero-order valence-electron chi connectivity index (χ0n) is 16.5. The highest BCUT2D eigenvalue weighted by atomic mass is 16.5. The fourth-order valence-corrected chi connectivity index (χ4v) is 3.18. The SMILES string of the molecule is CN1CCN(CCOc2ccc(-c3nnc4[nH]c(=O)n(C)c(=O)c4n3)cc2)CC1. The first-order valence-corrected chi connectivity index (χ1v) is 9.49. The molecule has 1 fully saturated rings. The summed E-state index contributed by atoms with van der Waals surface area (Å²) in [5.41, 5.74) is -0.206. The van der Waals surface area contributed by atoms with Crippen LogP contribution in [0, 0.1) is 0 Å². The molecule has 29 heavy (non-hydrogen) atoms. The van der Waals surface area contributed by atoms with E-state index in [4.69, 9.17) is 4.74 Å². The Hall–Kier alpha value is -3.11. The second-order valence-corrected chi connectivity index (χ2v) is 7.14. The van der Waals surface area contributed by atoms with Crippen LogP contribution in [0.3, 0.4) is 0 Å². The van der Waals surface area contributed by atoms with Crippen LogP contribution in [0.15, 0.2) is 33.9 Å². The molecule has 0 atom stereocenters. The van der Waals surface area contributed by atoms with Gasteiger partial charge < -0.3 is 9.64 Å². The van der Waals surface area contributed by atoms with E-state index in [1.165, 1.54) is 7.05 Å². The number of hydrogen-bond donors (Lipinski definition) is 1. The molecule has 0 bridgehead atoms. The van der Waals surface area contributed by atoms with Crippen LogP contribution in [0.5, 0.6) is 5.75 Å². The van der Waals surface area contributed by atoms with Gasteiger partial charge in [-0.3, -0.25) is 19.2 Å². The van der Waals surface area contributed by atoms with Crippen molar-refractivity contribution in [1.82, 2.24) is 34.5 Å². The predicted molar refractivity (Wildman–Crippen MR) is 108 cm³/mol. The third kappa shape index (κ3) is 4.17. The summed E-state index contributed by atoms with van der Waals surface area (Å²) in [4.78, 5) is 35.4. The van der Waals surface area contributed by atoms with Crippen molar-refractivity contribution in [1.29, 1.82) is 0 Å². The standard InChI is InChI=1S/C19H23N7O3/c1-24-7-9-26(10-8-24)11-12-29-14-5-3-13(4-6-14)16-20-15-17(23-22-16)21-19(28)25(2)18(15)27/h3-6H,7-12H2,1-2H3,(H,21,23,28). The van der Waals surface area contributed by atoms with Gasteiger partial charge in [0, 0.05) is 45.3 Å². The molecule has 0 amide bonds. The van der Waals surface area contributed by atoms with E-state index in [2.05, 4.69) is 37.0 Å². The summed E-state index contributed by atoms with van der Waals surface area (Å²) in [5, 5.41) is 7.95. The molecule has 1 aromatic carbocycles. The number of hydrogen-bond acceptors (Lipinski definition) is 8. The maximum Gasteiger partial charge on any atom is 0.329 e. The molecular weight excluding hydrogens is 374 g/mol. The number of ether oxygens (including phenoxy) is 1. The van der Waals surface area contributed by atoms with Gasteiger partial charge in [-0.2, -0.15) is 0 Å². The third-order valence-electron chi connectivity index (χ3n) is 5.11. The quantitative estimate of drug-likeness (QED) is 0.625. The van der Waals surface area contributed by atoms with Gasteiger partial charge in [0.2, 0.25) is 0 Å². The van der Waals surface area contributed by atoms with Gasteiger partial charge in [-0.1, -0.05) is 0 Å². The lowest BCUT2D eigenvalue weighted by molar-refractivity contribution is 0.134. The Morgan fingerprint density at radius 2 is 1.76 bits per heavy atom. The smallest absolute Gasteiger partial charge is 0.329 e. The molecule has 152 valence electrons. The Kier molecular flexibility index (Phi) is 5.36. The summed E-state index contributed by atoms with van der Waals surface area (Å²) >= 11 is 0. The first-order valence-electron chi connectivity index (χ1n) is 9.49. The number of likely N-dealkylation sites (N-methyl/N-ethyl adjacent to an activating group) is 1. The van der Waals surface area contributed by atoms with Crippen molar-refractivity contribution in [2.24, 2.45) is 7.05 Å². The number of piperazine rings is 1. The molecule has 10 heteroatoms. The molecule has 3 aromatic rings. The Balaban J connectivity index is 1.44. The predicted octanol–water partition coefficient (Wildman–Crippen LogP) is -0.295. The molecule has 1 aliphatic heterocycles. The summed E-state index contributed by atoms with van der Waals surface area (Å²) in [6, 6.07) is 7.34. The normalized spacial score (nSPS) is 15.7. The molecule has 3 heterocycles. The minimum Gasteiger partial charge on any atom is -0.492 e. The summed E-state index contributed by atoms with van der Waals surface area (Å²) in [6.45, 7) is 5.83. The minimum atomic E-state index is -0.551. The van der Waals surface area contributed by atoms with Gasteiger partial charge in [-0.05, 0) is 31.3 Å². The van der Waals surface area contributed by atoms with E-state index in [9.17, 15) is 9.59 Å². The average molecular weight is 397 g/mol. The molecule has 1 saturated heterocycles. The number of benzene rings is 1. The van der Waals surface area contributed by atoms with Crippen LogP contribution in [0.1, 0.15) is 0 Å². The molecule has 4 rings (SSSR count). The van der Waals surface area contributed by atoms with Crippen molar-refractivity contribution < 1.29 is 4.74 Å². The first kappa shape index (κ1) is 19.2. The number of H-pyrrole nitrogens is 1. The van der Waals surface area contributed by atoms with E-state index >= 15 is 0 Å². The molecule has 0 radical (unpaired) electrons. The monoisotopic (exact) mass is 397 g/mol. The maximum absolute atomic E-state index is 12.2. The van der Waals surface area contributed by atoms with Gasteiger partial charge in [0.25, 0.3) is 5.56 Å². The molecule has 0 saturated carbocycles. The number of rotatable bonds is 5. The van der Waals surface area contributed by atoms with Gasteiger partial charge in [0.1, 0.15) is 12.4 Å². The Bertz CT molecular complexity index is 1120. The average Bonchev–Trinajstić information content (AvgIpc) is 2.74. The van der Waals surface area contributed by atoms with Gasteiger partial charge in [-0.25, -0.2) is 9.78 Å². The molecule has 0 unspecified atom stereocenters. The molecular formula is C19H23N7O3. The van der Waals surface area contributed by atoms with Crippen molar-refractivity contribution in [2.45, 2.75) is 0 Å². The fourth-order valence-electron chi connectivity index (χ4n) is 3.18. The molecule has 2 aromatic heterocycles. The van der Waals surface area contributed by atoms with Crippen molar-refractivity contribution in [2.75, 3.05) is 46.4 Å². The van der Waals surface area contributed by atoms with Gasteiger partial charge in [0.15, 0.2) is 17.0 Å². The van der Waals surface area contributed by atoms with Crippen LogP contribution >= 0.6 is 0 Å². The Morgan fingerprint density at radius 1 is 1.03 bits per heavy atom. The minimum absolute atomic E-state index is 0.0737. The van der Waals surface area contributed by atoms with Crippen molar-refractivity contribution in [3.05, 3.63) is 45.1 Å². The van der Waals surface area contributed by atoms with Crippen LogP contribution in [0.4, 0.5) is 0 Å². The number of aromatic amines is 1. The second kappa shape index (κ2) is 8.10. The number of nitrogens with one attached hydrogen (secondary N) is 1. The van der Waals surface area contributed by atoms with Crippen molar-refractivity contribution in [3.63, 3.8) is 0 Å². The van der Waals surface area contributed by atoms with Crippen molar-refractivity contribution >= 4 is 11.2 Å². The Morgan fingerprint density at radius 3 is 2.48 bits per heavy atom. The van der Waals surface area contributed by atoms with E-state index in [-0.39, 0.29) is 11.2 Å². The molecule has 0 aliphatic carbocycles. The van der Waals surface area contributed by atoms with Gasteiger partial charge >= 0.3 is 5.69 Å². The topological polar surface area (TPSA) is 109 Å². The zero-order valence-corrected chi connectivity index (χ0v) is 16.5. The van der Waals surface area contributed by atoms with Crippen molar-refractivity contribution in [3.8, 4) is 17.1 Å². The molecule has 10 nitrogen and oxygen atoms in total. The molecule has 1 N–H and O–H groups in total. The maximum atomic E-state index is 12.2. The van der Waals surface area contributed by atoms with E-state index < -0.39 is 11.2 Å². The van der Waals surface area contributed by atoms with Crippen LogP contribution in [0.2, 0.25) is 0 Å². The van der Waals surface area contributed by atoms with E-state index in [0.29, 0.717) is 18.0 Å². The summed E-state index contributed by atoms with van der Waals surface area (Å²) < 4.78 is 6.80. The third-order valence-corrected chi connectivity index (χ3v) is 5.11. The summed E-state index contributed by atoms with van der Waals surface area (Å²) in [7, 11) is 3.53. The van der Waals surface area contributed by atoms with E-state index in [0.717, 1.165) is 43.0 Å². The van der Waals surface area contributed by atoms with E-state index in [1.54, 1.807) is 0 Å². The summed E-state index contributed by atoms with van der Waals surface area (Å²) in [6.07, 6.45) is 0. The fraction of sp³-hybridized carbons (Fsp3) is 0.421. The Labute approximate surface area is 166 Å². The lowest BCUT2D eigenvalue weighted by atomic mass is 10.2. The number of aromatic nitrogens is 5. The second-order valence-electron chi connectivity index (χ2n) is 7.14. The van der Waals surface area contributed by atoms with Crippen LogP contribution in [0.25, 0.3) is 22.6 Å². The molecule has 0 spiro atoms. The highest BCUT2D eigenvalue weighted by Gasteiger charge is 2.14. The lowest BCUT2D eigenvalue weighted by Gasteiger charge is -2.32. The first-order chi connectivity index (χ1) is 14.0. The largest absolute Gasteiger partial charge is 0.492 e. The summed E-state index contributed by atoms with van der Waals surface area (Å²) in [5.74, 6) is 1.07. The van der Waals surface area contributed by atoms with Crippen LogP contribution in [-0.4, -0.2) is 80.9 Å². The number of nitrogens with zero attached hydrogens (tertiary/aromatic N) is 6. The highest BCUT2D eigenvalue weighted by molar-refractivity contribution is 5.70. The van der Waals surface area contributed by atoms with Crippen LogP contribution in [-0.2, 0) is 7.05 Å². The van der Waals surface area contributed by atoms with Gasteiger partial charge in [0.05, 0.1) is 0 Å². The van der Waals surface area contributed by atoms with Crippen LogP contribution < -0.4 is 16.0 Å². The van der Waals surface area contributed by atoms with Gasteiger partial charge in [-0.15, -0.1) is 10.2 Å². The number of fused-ring (bicyclic) bond motifs is 1. The highest BCUT2D eigenvalue weighted by Crippen LogP contribution is 2.19.